The molecule has 2 aromatic carbocycles. The Hall–Kier alpha value is -3.08. The molecule has 0 radical (unpaired) electrons. The van der Waals surface area contributed by atoms with Gasteiger partial charge in [-0.1, -0.05) is 32.9 Å². The molecular weight excluding hydrogens is 377 g/mol. The van der Waals surface area contributed by atoms with Crippen molar-refractivity contribution in [2.45, 2.75) is 52.5 Å². The lowest BCUT2D eigenvalue weighted by Gasteiger charge is -2.23. The zero-order valence-electron chi connectivity index (χ0n) is 18.4. The van der Waals surface area contributed by atoms with Crippen molar-refractivity contribution in [2.24, 2.45) is 0 Å². The van der Waals surface area contributed by atoms with Crippen LogP contribution in [-0.4, -0.2) is 21.4 Å². The van der Waals surface area contributed by atoms with E-state index in [2.05, 4.69) is 36.1 Å². The van der Waals surface area contributed by atoms with Gasteiger partial charge in [0.2, 0.25) is 0 Å². The molecule has 4 nitrogen and oxygen atoms in total. The van der Waals surface area contributed by atoms with Gasteiger partial charge >= 0.3 is 0 Å². The van der Waals surface area contributed by atoms with E-state index in [1.54, 1.807) is 24.7 Å². The first-order valence-electron chi connectivity index (χ1n) is 9.98. The van der Waals surface area contributed by atoms with Crippen molar-refractivity contribution in [1.29, 1.82) is 0 Å². The number of benzene rings is 2. The smallest absolute Gasteiger partial charge is 0.251 e. The average Bonchev–Trinajstić information content (AvgIpc) is 2.66. The molecule has 156 valence electrons. The molecule has 0 spiro atoms. The van der Waals surface area contributed by atoms with Gasteiger partial charge in [-0.2, -0.15) is 0 Å². The summed E-state index contributed by atoms with van der Waals surface area (Å²) in [6, 6.07) is 12.0. The summed E-state index contributed by atoms with van der Waals surface area (Å²) in [5.74, 6) is -0.464. The van der Waals surface area contributed by atoms with E-state index in [9.17, 15) is 9.18 Å². The number of carbonyl (C=O) groups is 1. The normalized spacial score (nSPS) is 12.0. The Labute approximate surface area is 177 Å². The minimum Gasteiger partial charge on any atom is -0.347 e. The number of amides is 1. The second-order valence-electron chi connectivity index (χ2n) is 9.55. The summed E-state index contributed by atoms with van der Waals surface area (Å²) in [4.78, 5) is 21.7. The second-order valence-corrected chi connectivity index (χ2v) is 9.55. The van der Waals surface area contributed by atoms with Gasteiger partial charge in [0.25, 0.3) is 5.91 Å². The average molecular weight is 406 g/mol. The molecule has 3 aromatic rings. The van der Waals surface area contributed by atoms with Crippen LogP contribution in [0.25, 0.3) is 22.3 Å². The third-order valence-corrected chi connectivity index (χ3v) is 4.59. The summed E-state index contributed by atoms with van der Waals surface area (Å²) in [6.45, 7) is 12.1. The van der Waals surface area contributed by atoms with Gasteiger partial charge in [-0.15, -0.1) is 0 Å². The van der Waals surface area contributed by atoms with E-state index in [1.165, 1.54) is 12.1 Å². The summed E-state index contributed by atoms with van der Waals surface area (Å²) in [5, 5.41) is 3.02. The minimum atomic E-state index is -0.366. The van der Waals surface area contributed by atoms with Crippen LogP contribution in [0.4, 0.5) is 4.39 Å². The highest BCUT2D eigenvalue weighted by Gasteiger charge is 2.22. The topological polar surface area (TPSA) is 54.9 Å². The summed E-state index contributed by atoms with van der Waals surface area (Å²) in [7, 11) is 0. The number of rotatable bonds is 3. The van der Waals surface area contributed by atoms with Crippen LogP contribution in [0.3, 0.4) is 0 Å². The van der Waals surface area contributed by atoms with Crippen molar-refractivity contribution in [3.63, 3.8) is 0 Å². The SMILES string of the molecule is CC(C)(C)NC(=O)c1cc(-c2ccc(F)cc2)cc(-c2cncnc2C(C)(C)C)c1. The molecule has 30 heavy (non-hydrogen) atoms. The van der Waals surface area contributed by atoms with Crippen LogP contribution < -0.4 is 5.32 Å². The molecule has 5 heteroatoms. The quantitative estimate of drug-likeness (QED) is 0.601. The number of nitrogens with zero attached hydrogens (tertiary/aromatic N) is 2. The maximum Gasteiger partial charge on any atom is 0.251 e. The van der Waals surface area contributed by atoms with Crippen molar-refractivity contribution in [1.82, 2.24) is 15.3 Å². The number of nitrogens with one attached hydrogen (secondary N) is 1. The third-order valence-electron chi connectivity index (χ3n) is 4.59. The fourth-order valence-corrected chi connectivity index (χ4v) is 3.27. The highest BCUT2D eigenvalue weighted by atomic mass is 19.1. The zero-order valence-corrected chi connectivity index (χ0v) is 18.4. The first-order chi connectivity index (χ1) is 13.9. The lowest BCUT2D eigenvalue weighted by Crippen LogP contribution is -2.40. The fraction of sp³-hybridized carbons (Fsp3) is 0.320. The summed E-state index contributed by atoms with van der Waals surface area (Å²) < 4.78 is 13.4. The highest BCUT2D eigenvalue weighted by Crippen LogP contribution is 2.34. The Bertz CT molecular complexity index is 1060. The maximum atomic E-state index is 13.4. The summed E-state index contributed by atoms with van der Waals surface area (Å²) >= 11 is 0. The van der Waals surface area contributed by atoms with Gasteiger partial charge in [0.15, 0.2) is 0 Å². The van der Waals surface area contributed by atoms with Gasteiger partial charge in [-0.05, 0) is 67.8 Å². The number of aromatic nitrogens is 2. The van der Waals surface area contributed by atoms with E-state index in [0.717, 1.165) is 27.9 Å². The Morgan fingerprint density at radius 3 is 2.13 bits per heavy atom. The molecule has 0 atom stereocenters. The molecule has 0 bridgehead atoms. The van der Waals surface area contributed by atoms with E-state index < -0.39 is 0 Å². The number of hydrogen-bond donors (Lipinski definition) is 1. The van der Waals surface area contributed by atoms with Crippen LogP contribution in [0.1, 0.15) is 57.6 Å². The van der Waals surface area contributed by atoms with Crippen LogP contribution in [0.2, 0.25) is 0 Å². The van der Waals surface area contributed by atoms with Crippen LogP contribution in [0.15, 0.2) is 55.0 Å². The first kappa shape index (κ1) is 21.6. The van der Waals surface area contributed by atoms with Gasteiger partial charge in [-0.3, -0.25) is 4.79 Å². The number of hydrogen-bond acceptors (Lipinski definition) is 3. The molecular formula is C25H28FN3O. The monoisotopic (exact) mass is 405 g/mol. The summed E-state index contributed by atoms with van der Waals surface area (Å²) in [5.41, 5.74) is 4.25. The lowest BCUT2D eigenvalue weighted by molar-refractivity contribution is 0.0919. The Morgan fingerprint density at radius 1 is 0.900 bits per heavy atom. The molecule has 0 saturated carbocycles. The largest absolute Gasteiger partial charge is 0.347 e. The van der Waals surface area contributed by atoms with E-state index >= 15 is 0 Å². The predicted octanol–water partition coefficient (Wildman–Crippen LogP) is 5.78. The fourth-order valence-electron chi connectivity index (χ4n) is 3.27. The van der Waals surface area contributed by atoms with Crippen molar-refractivity contribution >= 4 is 5.91 Å². The minimum absolute atomic E-state index is 0.165. The molecule has 1 amide bonds. The van der Waals surface area contributed by atoms with Gasteiger partial charge in [0, 0.05) is 28.3 Å². The standard InChI is InChI=1S/C25H28FN3O/c1-24(2,3)22-21(14-27-15-28-22)18-11-17(16-7-9-20(26)10-8-16)12-19(13-18)23(30)29-25(4,5)6/h7-15H,1-6H3,(H,29,30). The molecule has 1 aromatic heterocycles. The van der Waals surface area contributed by atoms with Crippen molar-refractivity contribution in [3.8, 4) is 22.3 Å². The number of halogens is 1. The van der Waals surface area contributed by atoms with Crippen molar-refractivity contribution in [3.05, 3.63) is 72.1 Å². The molecule has 3 rings (SSSR count). The molecule has 0 unspecified atom stereocenters. The Kier molecular flexibility index (Phi) is 5.75. The summed E-state index contributed by atoms with van der Waals surface area (Å²) in [6.07, 6.45) is 3.32. The van der Waals surface area contributed by atoms with Crippen LogP contribution in [-0.2, 0) is 5.41 Å². The molecule has 0 fully saturated rings. The molecule has 0 aliphatic rings. The Balaban J connectivity index is 2.21. The molecule has 0 aliphatic heterocycles. The molecule has 1 N–H and O–H groups in total. The van der Waals surface area contributed by atoms with Crippen molar-refractivity contribution < 1.29 is 9.18 Å². The van der Waals surface area contributed by atoms with E-state index in [-0.39, 0.29) is 22.7 Å². The van der Waals surface area contributed by atoms with Gasteiger partial charge in [0.1, 0.15) is 12.1 Å². The molecule has 0 saturated heterocycles. The van der Waals surface area contributed by atoms with E-state index in [1.807, 2.05) is 39.0 Å². The van der Waals surface area contributed by atoms with Crippen LogP contribution >= 0.6 is 0 Å². The van der Waals surface area contributed by atoms with E-state index in [4.69, 9.17) is 0 Å². The van der Waals surface area contributed by atoms with Gasteiger partial charge < -0.3 is 5.32 Å². The molecule has 0 aliphatic carbocycles. The van der Waals surface area contributed by atoms with Crippen LogP contribution in [0, 0.1) is 5.82 Å². The lowest BCUT2D eigenvalue weighted by atomic mass is 9.85. The predicted molar refractivity (Wildman–Crippen MR) is 119 cm³/mol. The first-order valence-corrected chi connectivity index (χ1v) is 9.98. The molecule has 1 heterocycles. The van der Waals surface area contributed by atoms with Crippen LogP contribution in [0.5, 0.6) is 0 Å². The second kappa shape index (κ2) is 7.98. The number of carbonyl (C=O) groups excluding carboxylic acids is 1. The van der Waals surface area contributed by atoms with Gasteiger partial charge in [0.05, 0.1) is 5.69 Å². The maximum absolute atomic E-state index is 13.4. The highest BCUT2D eigenvalue weighted by molar-refractivity contribution is 5.97. The van der Waals surface area contributed by atoms with Crippen molar-refractivity contribution in [2.75, 3.05) is 0 Å². The third kappa shape index (κ3) is 5.09. The Morgan fingerprint density at radius 2 is 1.53 bits per heavy atom. The van der Waals surface area contributed by atoms with E-state index in [0.29, 0.717) is 5.56 Å². The zero-order chi connectivity index (χ0) is 22.1. The van der Waals surface area contributed by atoms with Gasteiger partial charge in [-0.25, -0.2) is 14.4 Å².